The van der Waals surface area contributed by atoms with Gasteiger partial charge in [0, 0.05) is 19.0 Å². The zero-order chi connectivity index (χ0) is 12.5. The largest absolute Gasteiger partial charge is 0.380 e. The molecule has 0 saturated carbocycles. The molecule has 1 aromatic heterocycles. The number of alkyl halides is 1. The second-order valence-electron chi connectivity index (χ2n) is 3.54. The molecule has 0 saturated heterocycles. The SMILES string of the molecule is CCc1ccsc1C(=O)NCCCOCCCl. The molecule has 0 aliphatic heterocycles. The molecule has 96 valence electrons. The summed E-state index contributed by atoms with van der Waals surface area (Å²) in [6.45, 7) is 3.90. The highest BCUT2D eigenvalue weighted by molar-refractivity contribution is 7.12. The van der Waals surface area contributed by atoms with Gasteiger partial charge in [-0.2, -0.15) is 0 Å². The van der Waals surface area contributed by atoms with Gasteiger partial charge in [-0.25, -0.2) is 0 Å². The van der Waals surface area contributed by atoms with Crippen LogP contribution in [0.15, 0.2) is 11.4 Å². The van der Waals surface area contributed by atoms with Crippen molar-refractivity contribution in [2.24, 2.45) is 0 Å². The highest BCUT2D eigenvalue weighted by atomic mass is 35.5. The van der Waals surface area contributed by atoms with Crippen LogP contribution >= 0.6 is 22.9 Å². The number of hydrogen-bond donors (Lipinski definition) is 1. The highest BCUT2D eigenvalue weighted by Gasteiger charge is 2.10. The van der Waals surface area contributed by atoms with Gasteiger partial charge in [0.2, 0.25) is 0 Å². The Morgan fingerprint density at radius 1 is 1.53 bits per heavy atom. The first-order valence-electron chi connectivity index (χ1n) is 5.77. The van der Waals surface area contributed by atoms with Crippen LogP contribution in [0.25, 0.3) is 0 Å². The molecule has 0 radical (unpaired) electrons. The Morgan fingerprint density at radius 2 is 2.35 bits per heavy atom. The molecule has 0 aromatic carbocycles. The standard InChI is InChI=1S/C12H18ClNO2S/c1-2-10-4-9-17-11(10)12(15)14-6-3-7-16-8-5-13/h4,9H,2-3,5-8H2,1H3,(H,14,15). The van der Waals surface area contributed by atoms with Gasteiger partial charge < -0.3 is 10.1 Å². The van der Waals surface area contributed by atoms with E-state index in [-0.39, 0.29) is 5.91 Å². The molecule has 0 spiro atoms. The maximum Gasteiger partial charge on any atom is 0.261 e. The predicted molar refractivity (Wildman–Crippen MR) is 72.2 cm³/mol. The van der Waals surface area contributed by atoms with E-state index < -0.39 is 0 Å². The fraction of sp³-hybridized carbons (Fsp3) is 0.583. The average Bonchev–Trinajstić information content (AvgIpc) is 2.81. The van der Waals surface area contributed by atoms with Crippen LogP contribution in [0.3, 0.4) is 0 Å². The van der Waals surface area contributed by atoms with Crippen molar-refractivity contribution < 1.29 is 9.53 Å². The van der Waals surface area contributed by atoms with Crippen LogP contribution in [-0.4, -0.2) is 31.5 Å². The monoisotopic (exact) mass is 275 g/mol. The molecular weight excluding hydrogens is 258 g/mol. The molecule has 17 heavy (non-hydrogen) atoms. The van der Waals surface area contributed by atoms with Crippen LogP contribution in [0.5, 0.6) is 0 Å². The van der Waals surface area contributed by atoms with Gasteiger partial charge in [0.05, 0.1) is 11.5 Å². The lowest BCUT2D eigenvalue weighted by Crippen LogP contribution is -2.25. The lowest BCUT2D eigenvalue weighted by atomic mass is 10.2. The first-order valence-corrected chi connectivity index (χ1v) is 7.19. The van der Waals surface area contributed by atoms with Gasteiger partial charge >= 0.3 is 0 Å². The lowest BCUT2D eigenvalue weighted by molar-refractivity contribution is 0.0947. The van der Waals surface area contributed by atoms with E-state index in [0.29, 0.717) is 25.6 Å². The Balaban J connectivity index is 2.21. The normalized spacial score (nSPS) is 10.5. The van der Waals surface area contributed by atoms with E-state index in [1.54, 1.807) is 0 Å². The van der Waals surface area contributed by atoms with Crippen molar-refractivity contribution in [2.75, 3.05) is 25.6 Å². The maximum atomic E-state index is 11.8. The van der Waals surface area contributed by atoms with E-state index in [1.165, 1.54) is 11.3 Å². The van der Waals surface area contributed by atoms with Crippen molar-refractivity contribution >= 4 is 28.8 Å². The average molecular weight is 276 g/mol. The minimum Gasteiger partial charge on any atom is -0.380 e. The first kappa shape index (κ1) is 14.5. The van der Waals surface area contributed by atoms with Crippen molar-refractivity contribution in [1.29, 1.82) is 0 Å². The van der Waals surface area contributed by atoms with Crippen molar-refractivity contribution in [2.45, 2.75) is 19.8 Å². The Morgan fingerprint density at radius 3 is 3.06 bits per heavy atom. The Kier molecular flexibility index (Phi) is 7.24. The number of rotatable bonds is 8. The van der Waals surface area contributed by atoms with Crippen molar-refractivity contribution in [1.82, 2.24) is 5.32 Å². The van der Waals surface area contributed by atoms with E-state index >= 15 is 0 Å². The fourth-order valence-electron chi connectivity index (χ4n) is 1.43. The molecule has 0 aliphatic rings. The number of thiophene rings is 1. The maximum absolute atomic E-state index is 11.8. The molecular formula is C12H18ClNO2S. The van der Waals surface area contributed by atoms with Crippen molar-refractivity contribution in [3.05, 3.63) is 21.9 Å². The van der Waals surface area contributed by atoms with Gasteiger partial charge in [-0.15, -0.1) is 22.9 Å². The summed E-state index contributed by atoms with van der Waals surface area (Å²) in [6.07, 6.45) is 1.71. The van der Waals surface area contributed by atoms with Crippen LogP contribution in [0.1, 0.15) is 28.6 Å². The van der Waals surface area contributed by atoms with Gasteiger partial charge in [-0.3, -0.25) is 4.79 Å². The predicted octanol–water partition coefficient (Wildman–Crippen LogP) is 2.69. The minimum absolute atomic E-state index is 0.0224. The number of aryl methyl sites for hydroxylation is 1. The third-order valence-corrected chi connectivity index (χ3v) is 3.42. The second kappa shape index (κ2) is 8.50. The van der Waals surface area contributed by atoms with Crippen LogP contribution in [0.2, 0.25) is 0 Å². The molecule has 0 fully saturated rings. The molecule has 1 rings (SSSR count). The van der Waals surface area contributed by atoms with Crippen LogP contribution < -0.4 is 5.32 Å². The zero-order valence-corrected chi connectivity index (χ0v) is 11.6. The number of ether oxygens (including phenoxy) is 1. The number of hydrogen-bond acceptors (Lipinski definition) is 3. The quantitative estimate of drug-likeness (QED) is 0.585. The van der Waals surface area contributed by atoms with E-state index in [9.17, 15) is 4.79 Å². The Labute approximate surface area is 111 Å². The highest BCUT2D eigenvalue weighted by Crippen LogP contribution is 2.16. The molecule has 1 N–H and O–H groups in total. The molecule has 0 atom stereocenters. The minimum atomic E-state index is 0.0224. The van der Waals surface area contributed by atoms with E-state index in [4.69, 9.17) is 16.3 Å². The third kappa shape index (κ3) is 5.06. The molecule has 0 unspecified atom stereocenters. The number of halogens is 1. The van der Waals surface area contributed by atoms with Gasteiger partial charge in [0.15, 0.2) is 0 Å². The Bertz CT molecular complexity index is 341. The lowest BCUT2D eigenvalue weighted by Gasteiger charge is -2.05. The van der Waals surface area contributed by atoms with Crippen LogP contribution in [-0.2, 0) is 11.2 Å². The second-order valence-corrected chi connectivity index (χ2v) is 4.83. The summed E-state index contributed by atoms with van der Waals surface area (Å²) in [4.78, 5) is 12.6. The smallest absolute Gasteiger partial charge is 0.261 e. The summed E-state index contributed by atoms with van der Waals surface area (Å²) < 4.78 is 5.22. The molecule has 1 amide bonds. The van der Waals surface area contributed by atoms with Crippen LogP contribution in [0, 0.1) is 0 Å². The summed E-state index contributed by atoms with van der Waals surface area (Å²) in [7, 11) is 0. The summed E-state index contributed by atoms with van der Waals surface area (Å²) >= 11 is 6.97. The number of nitrogens with one attached hydrogen (secondary N) is 1. The van der Waals surface area contributed by atoms with Gasteiger partial charge in [0.25, 0.3) is 5.91 Å². The summed E-state index contributed by atoms with van der Waals surface area (Å²) in [6, 6.07) is 2.00. The molecule has 1 heterocycles. The van der Waals surface area contributed by atoms with Gasteiger partial charge in [-0.05, 0) is 29.9 Å². The number of carbonyl (C=O) groups excluding carboxylic acids is 1. The molecule has 5 heteroatoms. The van der Waals surface area contributed by atoms with Crippen molar-refractivity contribution in [3.63, 3.8) is 0 Å². The molecule has 0 aliphatic carbocycles. The third-order valence-electron chi connectivity index (χ3n) is 2.31. The first-order chi connectivity index (χ1) is 8.29. The molecule has 1 aromatic rings. The van der Waals surface area contributed by atoms with Gasteiger partial charge in [-0.1, -0.05) is 6.92 Å². The van der Waals surface area contributed by atoms with E-state index in [2.05, 4.69) is 12.2 Å². The van der Waals surface area contributed by atoms with Crippen molar-refractivity contribution in [3.8, 4) is 0 Å². The number of carbonyl (C=O) groups is 1. The van der Waals surface area contributed by atoms with Crippen LogP contribution in [0.4, 0.5) is 0 Å². The molecule has 0 bridgehead atoms. The Hall–Kier alpha value is -0.580. The van der Waals surface area contributed by atoms with E-state index in [1.807, 2.05) is 11.4 Å². The molecule has 3 nitrogen and oxygen atoms in total. The summed E-state index contributed by atoms with van der Waals surface area (Å²) in [5, 5.41) is 4.85. The summed E-state index contributed by atoms with van der Waals surface area (Å²) in [5.41, 5.74) is 1.12. The van der Waals surface area contributed by atoms with E-state index in [0.717, 1.165) is 23.3 Å². The zero-order valence-electron chi connectivity index (χ0n) is 10.0. The number of amides is 1. The topological polar surface area (TPSA) is 38.3 Å². The van der Waals surface area contributed by atoms with Gasteiger partial charge in [0.1, 0.15) is 0 Å². The fourth-order valence-corrected chi connectivity index (χ4v) is 2.45. The summed E-state index contributed by atoms with van der Waals surface area (Å²) in [5.74, 6) is 0.538.